The zero-order valence-electron chi connectivity index (χ0n) is 9.92. The van der Waals surface area contributed by atoms with Gasteiger partial charge in [-0.25, -0.2) is 0 Å². The predicted octanol–water partition coefficient (Wildman–Crippen LogP) is 3.11. The van der Waals surface area contributed by atoms with E-state index in [1.165, 1.54) is 11.5 Å². The summed E-state index contributed by atoms with van der Waals surface area (Å²) < 4.78 is 4.21. The van der Waals surface area contributed by atoms with E-state index < -0.39 is 0 Å². The SMILES string of the molecule is CC(=O)c1c(C)nsc1NC(C)C(C)C. The van der Waals surface area contributed by atoms with E-state index in [-0.39, 0.29) is 5.78 Å². The van der Waals surface area contributed by atoms with Gasteiger partial charge in [-0.05, 0) is 38.2 Å². The molecule has 0 amide bonds. The van der Waals surface area contributed by atoms with Crippen LogP contribution in [0.5, 0.6) is 0 Å². The van der Waals surface area contributed by atoms with Gasteiger partial charge in [-0.15, -0.1) is 0 Å². The third kappa shape index (κ3) is 2.78. The van der Waals surface area contributed by atoms with Crippen molar-refractivity contribution >= 4 is 22.3 Å². The number of Topliss-reactive ketones (excluding diaryl/α,β-unsaturated/α-hetero) is 1. The molecule has 0 spiro atoms. The van der Waals surface area contributed by atoms with Crippen LogP contribution in [0.1, 0.15) is 43.7 Å². The molecule has 1 aromatic rings. The van der Waals surface area contributed by atoms with Crippen LogP contribution in [-0.2, 0) is 0 Å². The summed E-state index contributed by atoms with van der Waals surface area (Å²) >= 11 is 1.37. The molecule has 3 nitrogen and oxygen atoms in total. The molecule has 1 N–H and O–H groups in total. The van der Waals surface area contributed by atoms with Crippen LogP contribution in [0, 0.1) is 12.8 Å². The maximum absolute atomic E-state index is 11.4. The van der Waals surface area contributed by atoms with Gasteiger partial charge in [0, 0.05) is 6.04 Å². The number of rotatable bonds is 4. The number of hydrogen-bond acceptors (Lipinski definition) is 4. The summed E-state index contributed by atoms with van der Waals surface area (Å²) in [6.07, 6.45) is 0. The van der Waals surface area contributed by atoms with Crippen LogP contribution in [0.3, 0.4) is 0 Å². The zero-order chi connectivity index (χ0) is 11.6. The van der Waals surface area contributed by atoms with Crippen molar-refractivity contribution < 1.29 is 4.79 Å². The second kappa shape index (κ2) is 4.75. The normalized spacial score (nSPS) is 12.9. The molecule has 15 heavy (non-hydrogen) atoms. The van der Waals surface area contributed by atoms with Crippen LogP contribution >= 0.6 is 11.5 Å². The van der Waals surface area contributed by atoms with Gasteiger partial charge in [0.05, 0.1) is 11.3 Å². The number of aromatic nitrogens is 1. The highest BCUT2D eigenvalue weighted by Crippen LogP contribution is 2.26. The molecule has 0 radical (unpaired) electrons. The molecule has 1 heterocycles. The van der Waals surface area contributed by atoms with Crippen molar-refractivity contribution in [3.05, 3.63) is 11.3 Å². The first-order valence-electron chi connectivity index (χ1n) is 5.17. The maximum Gasteiger partial charge on any atom is 0.164 e. The average Bonchev–Trinajstić information content (AvgIpc) is 2.46. The van der Waals surface area contributed by atoms with Crippen molar-refractivity contribution in [3.63, 3.8) is 0 Å². The monoisotopic (exact) mass is 226 g/mol. The van der Waals surface area contributed by atoms with Crippen LogP contribution in [0.4, 0.5) is 5.00 Å². The van der Waals surface area contributed by atoms with Gasteiger partial charge in [0.15, 0.2) is 5.78 Å². The van der Waals surface area contributed by atoms with Gasteiger partial charge in [-0.1, -0.05) is 13.8 Å². The second-order valence-corrected chi connectivity index (χ2v) is 4.98. The Hall–Kier alpha value is -0.900. The van der Waals surface area contributed by atoms with Gasteiger partial charge in [0.25, 0.3) is 0 Å². The summed E-state index contributed by atoms with van der Waals surface area (Å²) in [6, 6.07) is 0.350. The summed E-state index contributed by atoms with van der Waals surface area (Å²) in [6.45, 7) is 9.88. The quantitative estimate of drug-likeness (QED) is 0.802. The Morgan fingerprint density at radius 3 is 2.47 bits per heavy atom. The molecule has 0 fully saturated rings. The van der Waals surface area contributed by atoms with Crippen molar-refractivity contribution in [2.45, 2.75) is 40.7 Å². The molecule has 0 saturated heterocycles. The number of anilines is 1. The van der Waals surface area contributed by atoms with Gasteiger partial charge < -0.3 is 5.32 Å². The molecule has 1 atom stereocenters. The lowest BCUT2D eigenvalue weighted by atomic mass is 10.1. The minimum Gasteiger partial charge on any atom is -0.372 e. The smallest absolute Gasteiger partial charge is 0.164 e. The molecule has 1 rings (SSSR count). The summed E-state index contributed by atoms with van der Waals surface area (Å²) in [7, 11) is 0. The molecule has 0 bridgehead atoms. The summed E-state index contributed by atoms with van der Waals surface area (Å²) in [5.41, 5.74) is 1.57. The molecule has 84 valence electrons. The number of aryl methyl sites for hydroxylation is 1. The van der Waals surface area contributed by atoms with E-state index in [9.17, 15) is 4.79 Å². The van der Waals surface area contributed by atoms with Crippen LogP contribution in [-0.4, -0.2) is 16.2 Å². The van der Waals surface area contributed by atoms with Crippen LogP contribution in [0.25, 0.3) is 0 Å². The van der Waals surface area contributed by atoms with Crippen molar-refractivity contribution in [3.8, 4) is 0 Å². The third-order valence-corrected chi connectivity index (χ3v) is 3.44. The molecule has 0 aliphatic rings. The van der Waals surface area contributed by atoms with Gasteiger partial charge in [0.2, 0.25) is 0 Å². The molecule has 0 saturated carbocycles. The Kier molecular flexibility index (Phi) is 3.85. The van der Waals surface area contributed by atoms with Crippen molar-refractivity contribution in [2.75, 3.05) is 5.32 Å². The van der Waals surface area contributed by atoms with Gasteiger partial charge >= 0.3 is 0 Å². The fraction of sp³-hybridized carbons (Fsp3) is 0.636. The largest absolute Gasteiger partial charge is 0.372 e. The van der Waals surface area contributed by atoms with Crippen molar-refractivity contribution in [1.29, 1.82) is 0 Å². The Balaban J connectivity index is 2.91. The van der Waals surface area contributed by atoms with E-state index in [4.69, 9.17) is 0 Å². The van der Waals surface area contributed by atoms with Crippen LogP contribution in [0.2, 0.25) is 0 Å². The standard InChI is InChI=1S/C11H18N2OS/c1-6(2)7(3)12-11-10(9(5)14)8(4)13-15-11/h6-7,12H,1-5H3. The van der Waals surface area contributed by atoms with E-state index in [0.717, 1.165) is 16.3 Å². The molecule has 0 aliphatic carbocycles. The Bertz CT molecular complexity index is 357. The Labute approximate surface area is 95.1 Å². The highest BCUT2D eigenvalue weighted by Gasteiger charge is 2.17. The van der Waals surface area contributed by atoms with E-state index in [2.05, 4.69) is 30.5 Å². The number of carbonyl (C=O) groups is 1. The Morgan fingerprint density at radius 2 is 2.00 bits per heavy atom. The first-order valence-corrected chi connectivity index (χ1v) is 5.94. The predicted molar refractivity (Wildman–Crippen MR) is 64.8 cm³/mol. The lowest BCUT2D eigenvalue weighted by Gasteiger charge is -2.17. The average molecular weight is 226 g/mol. The van der Waals surface area contributed by atoms with Crippen molar-refractivity contribution in [2.24, 2.45) is 5.92 Å². The topological polar surface area (TPSA) is 42.0 Å². The van der Waals surface area contributed by atoms with Crippen molar-refractivity contribution in [1.82, 2.24) is 4.37 Å². The highest BCUT2D eigenvalue weighted by atomic mass is 32.1. The van der Waals surface area contributed by atoms with Gasteiger partial charge in [0.1, 0.15) is 5.00 Å². The molecule has 0 aromatic carbocycles. The minimum atomic E-state index is 0.0831. The molecule has 4 heteroatoms. The number of nitrogens with zero attached hydrogens (tertiary/aromatic N) is 1. The van der Waals surface area contributed by atoms with Crippen LogP contribution in [0.15, 0.2) is 0 Å². The van der Waals surface area contributed by atoms with E-state index in [1.807, 2.05) is 6.92 Å². The van der Waals surface area contributed by atoms with Gasteiger partial charge in [-0.3, -0.25) is 4.79 Å². The first kappa shape index (κ1) is 12.2. The highest BCUT2D eigenvalue weighted by molar-refractivity contribution is 7.10. The third-order valence-electron chi connectivity index (χ3n) is 2.57. The molecular weight excluding hydrogens is 208 g/mol. The second-order valence-electron chi connectivity index (χ2n) is 4.21. The number of nitrogens with one attached hydrogen (secondary N) is 1. The maximum atomic E-state index is 11.4. The number of hydrogen-bond donors (Lipinski definition) is 1. The van der Waals surface area contributed by atoms with E-state index in [1.54, 1.807) is 6.92 Å². The Morgan fingerprint density at radius 1 is 1.40 bits per heavy atom. The fourth-order valence-corrected chi connectivity index (χ4v) is 2.20. The lowest BCUT2D eigenvalue weighted by Crippen LogP contribution is -2.21. The zero-order valence-corrected chi connectivity index (χ0v) is 10.7. The first-order chi connectivity index (χ1) is 6.93. The van der Waals surface area contributed by atoms with E-state index in [0.29, 0.717) is 12.0 Å². The molecule has 1 aromatic heterocycles. The van der Waals surface area contributed by atoms with Crippen LogP contribution < -0.4 is 5.32 Å². The fourth-order valence-electron chi connectivity index (χ4n) is 1.26. The summed E-state index contributed by atoms with van der Waals surface area (Å²) in [4.78, 5) is 11.4. The van der Waals surface area contributed by atoms with E-state index >= 15 is 0 Å². The molecule has 0 aliphatic heterocycles. The number of carbonyl (C=O) groups excluding carboxylic acids is 1. The summed E-state index contributed by atoms with van der Waals surface area (Å²) in [5.74, 6) is 0.618. The minimum absolute atomic E-state index is 0.0831. The number of ketones is 1. The molecule has 1 unspecified atom stereocenters. The molecular formula is C11H18N2OS. The lowest BCUT2D eigenvalue weighted by molar-refractivity contribution is 0.101. The summed E-state index contributed by atoms with van der Waals surface area (Å²) in [5, 5.41) is 4.25. The van der Waals surface area contributed by atoms with Gasteiger partial charge in [-0.2, -0.15) is 4.37 Å².